The number of benzene rings is 2. The number of nitrogens with zero attached hydrogens (tertiary/aromatic N) is 1. The SMILES string of the molecule is C[C@@H]1Oc2ccc(NC(=O)Cc3ccc(N4CCCC4=O)cc3)cc2NC1=O. The van der Waals surface area contributed by atoms with Gasteiger partial charge in [0, 0.05) is 24.3 Å². The van der Waals surface area contributed by atoms with E-state index in [1.54, 1.807) is 30.0 Å². The molecule has 2 heterocycles. The highest BCUT2D eigenvalue weighted by Gasteiger charge is 2.24. The van der Waals surface area contributed by atoms with E-state index in [2.05, 4.69) is 10.6 Å². The van der Waals surface area contributed by atoms with Crippen LogP contribution in [-0.2, 0) is 20.8 Å². The Morgan fingerprint density at radius 1 is 1.21 bits per heavy atom. The maximum Gasteiger partial charge on any atom is 0.265 e. The van der Waals surface area contributed by atoms with Gasteiger partial charge in [0.25, 0.3) is 5.91 Å². The Morgan fingerprint density at radius 3 is 2.71 bits per heavy atom. The molecule has 0 spiro atoms. The van der Waals surface area contributed by atoms with Gasteiger partial charge in [-0.1, -0.05) is 12.1 Å². The predicted molar refractivity (Wildman–Crippen MR) is 106 cm³/mol. The first-order valence-electron chi connectivity index (χ1n) is 9.30. The fraction of sp³-hybridized carbons (Fsp3) is 0.286. The van der Waals surface area contributed by atoms with Gasteiger partial charge in [0.2, 0.25) is 11.8 Å². The van der Waals surface area contributed by atoms with Crippen molar-refractivity contribution >= 4 is 34.8 Å². The molecule has 2 aliphatic heterocycles. The number of carbonyl (C=O) groups excluding carboxylic acids is 3. The highest BCUT2D eigenvalue weighted by molar-refractivity contribution is 5.99. The van der Waals surface area contributed by atoms with Gasteiger partial charge in [0.05, 0.1) is 12.1 Å². The summed E-state index contributed by atoms with van der Waals surface area (Å²) in [5, 5.41) is 5.60. The van der Waals surface area contributed by atoms with Crippen LogP contribution >= 0.6 is 0 Å². The van der Waals surface area contributed by atoms with Crippen molar-refractivity contribution in [2.24, 2.45) is 0 Å². The molecule has 0 aromatic heterocycles. The van der Waals surface area contributed by atoms with Gasteiger partial charge in [-0.25, -0.2) is 0 Å². The minimum absolute atomic E-state index is 0.142. The lowest BCUT2D eigenvalue weighted by Crippen LogP contribution is -2.34. The summed E-state index contributed by atoms with van der Waals surface area (Å²) >= 11 is 0. The summed E-state index contributed by atoms with van der Waals surface area (Å²) in [6.07, 6.45) is 1.15. The van der Waals surface area contributed by atoms with Crippen molar-refractivity contribution in [1.82, 2.24) is 0 Å². The van der Waals surface area contributed by atoms with E-state index in [1.165, 1.54) is 0 Å². The molecule has 2 aliphatic rings. The van der Waals surface area contributed by atoms with Gasteiger partial charge in [-0.2, -0.15) is 0 Å². The molecule has 1 fully saturated rings. The second kappa shape index (κ2) is 7.34. The second-order valence-corrected chi connectivity index (χ2v) is 7.00. The molecule has 0 aliphatic carbocycles. The molecule has 1 saturated heterocycles. The van der Waals surface area contributed by atoms with Crippen molar-refractivity contribution in [2.75, 3.05) is 22.1 Å². The van der Waals surface area contributed by atoms with E-state index in [0.717, 1.165) is 24.2 Å². The van der Waals surface area contributed by atoms with Crippen LogP contribution in [0.5, 0.6) is 5.75 Å². The van der Waals surface area contributed by atoms with Crippen molar-refractivity contribution in [2.45, 2.75) is 32.3 Å². The van der Waals surface area contributed by atoms with Crippen molar-refractivity contribution in [3.8, 4) is 5.75 Å². The number of nitrogens with one attached hydrogen (secondary N) is 2. The summed E-state index contributed by atoms with van der Waals surface area (Å²) in [7, 11) is 0. The molecular formula is C21H21N3O4. The summed E-state index contributed by atoms with van der Waals surface area (Å²) in [6.45, 7) is 2.43. The van der Waals surface area contributed by atoms with E-state index in [0.29, 0.717) is 23.5 Å². The van der Waals surface area contributed by atoms with Gasteiger partial charge >= 0.3 is 0 Å². The lowest BCUT2D eigenvalue weighted by Gasteiger charge is -2.23. The standard InChI is InChI=1S/C21H21N3O4/c1-13-21(27)23-17-12-15(6-9-18(17)28-13)22-19(25)11-14-4-7-16(8-5-14)24-10-2-3-20(24)26/h4-9,12-13H,2-3,10-11H2,1H3,(H,22,25)(H,23,27)/t13-/m0/s1. The first kappa shape index (κ1) is 18.0. The monoisotopic (exact) mass is 379 g/mol. The quantitative estimate of drug-likeness (QED) is 0.855. The molecule has 0 unspecified atom stereocenters. The van der Waals surface area contributed by atoms with E-state index in [-0.39, 0.29) is 24.1 Å². The van der Waals surface area contributed by atoms with Crippen molar-refractivity contribution < 1.29 is 19.1 Å². The molecule has 7 nitrogen and oxygen atoms in total. The largest absolute Gasteiger partial charge is 0.479 e. The van der Waals surface area contributed by atoms with Gasteiger partial charge < -0.3 is 20.3 Å². The normalized spacial score (nSPS) is 18.3. The summed E-state index contributed by atoms with van der Waals surface area (Å²) < 4.78 is 5.51. The van der Waals surface area contributed by atoms with Gasteiger partial charge in [-0.05, 0) is 49.2 Å². The van der Waals surface area contributed by atoms with Crippen LogP contribution in [0.1, 0.15) is 25.3 Å². The van der Waals surface area contributed by atoms with Crippen molar-refractivity contribution in [3.05, 3.63) is 48.0 Å². The van der Waals surface area contributed by atoms with E-state index < -0.39 is 6.10 Å². The van der Waals surface area contributed by atoms with Gasteiger partial charge in [-0.15, -0.1) is 0 Å². The molecule has 0 saturated carbocycles. The zero-order chi connectivity index (χ0) is 19.7. The molecule has 0 radical (unpaired) electrons. The molecule has 28 heavy (non-hydrogen) atoms. The molecule has 144 valence electrons. The fourth-order valence-electron chi connectivity index (χ4n) is 3.39. The molecule has 1 atom stereocenters. The molecule has 4 rings (SSSR count). The average Bonchev–Trinajstić information content (AvgIpc) is 3.09. The Bertz CT molecular complexity index is 939. The van der Waals surface area contributed by atoms with E-state index in [9.17, 15) is 14.4 Å². The zero-order valence-corrected chi connectivity index (χ0v) is 15.5. The zero-order valence-electron chi connectivity index (χ0n) is 15.5. The molecule has 0 bridgehead atoms. The van der Waals surface area contributed by atoms with E-state index >= 15 is 0 Å². The number of fused-ring (bicyclic) bond motifs is 1. The van der Waals surface area contributed by atoms with E-state index in [1.807, 2.05) is 24.3 Å². The van der Waals surface area contributed by atoms with E-state index in [4.69, 9.17) is 4.74 Å². The Hall–Kier alpha value is -3.35. The average molecular weight is 379 g/mol. The number of carbonyl (C=O) groups is 3. The van der Waals surface area contributed by atoms with Gasteiger partial charge in [0.15, 0.2) is 6.10 Å². The molecule has 2 aromatic rings. The molecule has 2 aromatic carbocycles. The van der Waals surface area contributed by atoms with Crippen molar-refractivity contribution in [3.63, 3.8) is 0 Å². The molecule has 7 heteroatoms. The van der Waals surface area contributed by atoms with Crippen LogP contribution in [0.25, 0.3) is 0 Å². The number of hydrogen-bond donors (Lipinski definition) is 2. The van der Waals surface area contributed by atoms with Crippen molar-refractivity contribution in [1.29, 1.82) is 0 Å². The molecule has 2 N–H and O–H groups in total. The Labute approximate surface area is 162 Å². The molecule has 3 amide bonds. The lowest BCUT2D eigenvalue weighted by molar-refractivity contribution is -0.122. The smallest absolute Gasteiger partial charge is 0.265 e. The summed E-state index contributed by atoms with van der Waals surface area (Å²) in [5.74, 6) is 0.342. The lowest BCUT2D eigenvalue weighted by atomic mass is 10.1. The predicted octanol–water partition coefficient (Wildman–Crippen LogP) is 2.71. The van der Waals surface area contributed by atoms with Crippen LogP contribution in [-0.4, -0.2) is 30.4 Å². The summed E-state index contributed by atoms with van der Waals surface area (Å²) in [6, 6.07) is 12.6. The third-order valence-corrected chi connectivity index (χ3v) is 4.88. The summed E-state index contributed by atoms with van der Waals surface area (Å²) in [5.41, 5.74) is 2.85. The van der Waals surface area contributed by atoms with Crippen LogP contribution in [0.3, 0.4) is 0 Å². The maximum atomic E-state index is 12.4. The highest BCUT2D eigenvalue weighted by atomic mass is 16.5. The number of ether oxygens (including phenoxy) is 1. The number of amides is 3. The first-order chi connectivity index (χ1) is 13.5. The Balaban J connectivity index is 1.39. The Kier molecular flexibility index (Phi) is 4.73. The van der Waals surface area contributed by atoms with Crippen LogP contribution in [0, 0.1) is 0 Å². The number of anilines is 3. The second-order valence-electron chi connectivity index (χ2n) is 7.00. The van der Waals surface area contributed by atoms with Gasteiger partial charge in [-0.3, -0.25) is 14.4 Å². The maximum absolute atomic E-state index is 12.4. The van der Waals surface area contributed by atoms with Crippen LogP contribution in [0.15, 0.2) is 42.5 Å². The van der Waals surface area contributed by atoms with Crippen LogP contribution < -0.4 is 20.3 Å². The number of rotatable bonds is 4. The topological polar surface area (TPSA) is 87.7 Å². The van der Waals surface area contributed by atoms with Gasteiger partial charge in [0.1, 0.15) is 5.75 Å². The highest BCUT2D eigenvalue weighted by Crippen LogP contribution is 2.32. The third kappa shape index (κ3) is 3.69. The Morgan fingerprint density at radius 2 is 2.00 bits per heavy atom. The minimum Gasteiger partial charge on any atom is -0.479 e. The summed E-state index contributed by atoms with van der Waals surface area (Å²) in [4.78, 5) is 37.7. The van der Waals surface area contributed by atoms with Crippen LogP contribution in [0.4, 0.5) is 17.1 Å². The first-order valence-corrected chi connectivity index (χ1v) is 9.30. The third-order valence-electron chi connectivity index (χ3n) is 4.88. The fourth-order valence-corrected chi connectivity index (χ4v) is 3.39. The minimum atomic E-state index is -0.535. The molecular weight excluding hydrogens is 358 g/mol. The number of hydrogen-bond acceptors (Lipinski definition) is 4. The van der Waals surface area contributed by atoms with Crippen LogP contribution in [0.2, 0.25) is 0 Å².